The van der Waals surface area contributed by atoms with Crippen LogP contribution in [-0.4, -0.2) is 23.9 Å². The molecular weight excluding hydrogens is 299 g/mol. The van der Waals surface area contributed by atoms with Gasteiger partial charge in [-0.05, 0) is 30.3 Å². The van der Waals surface area contributed by atoms with Crippen molar-refractivity contribution in [3.05, 3.63) is 60.4 Å². The number of hydrogen-bond donors (Lipinski definition) is 0. The number of rotatable bonds is 2. The lowest BCUT2D eigenvalue weighted by molar-refractivity contribution is -0.121. The van der Waals surface area contributed by atoms with Crippen molar-refractivity contribution in [2.24, 2.45) is 10.3 Å². The number of nitrogens with zero attached hydrogens (tertiary/aromatic N) is 4. The first kappa shape index (κ1) is 13.6. The average molecular weight is 310 g/mol. The first-order chi connectivity index (χ1) is 11.2. The van der Waals surface area contributed by atoms with Crippen LogP contribution < -0.4 is 9.91 Å². The number of carbonyl (C=O) groups is 2. The third kappa shape index (κ3) is 2.01. The molecule has 2 heterocycles. The van der Waals surface area contributed by atoms with Gasteiger partial charge in [-0.1, -0.05) is 29.5 Å². The third-order valence-corrected chi connectivity index (χ3v) is 3.87. The lowest BCUT2D eigenvalue weighted by atomic mass is 10.1. The molecule has 0 radical (unpaired) electrons. The SMILES string of the molecule is O=C1[C@@H]2[C@@H](N=NN2c2ccccc2)C(=O)N1c1cccc(F)c1. The Morgan fingerprint density at radius 3 is 2.39 bits per heavy atom. The molecule has 2 amide bonds. The second kappa shape index (κ2) is 4.98. The van der Waals surface area contributed by atoms with Gasteiger partial charge in [0.25, 0.3) is 11.8 Å². The minimum atomic E-state index is -0.897. The van der Waals surface area contributed by atoms with Crippen molar-refractivity contribution < 1.29 is 14.0 Å². The fourth-order valence-corrected chi connectivity index (χ4v) is 2.82. The maximum absolute atomic E-state index is 13.4. The van der Waals surface area contributed by atoms with E-state index in [9.17, 15) is 14.0 Å². The molecule has 114 valence electrons. The molecule has 0 spiro atoms. The Morgan fingerprint density at radius 2 is 1.65 bits per heavy atom. The molecule has 0 saturated carbocycles. The van der Waals surface area contributed by atoms with Crippen LogP contribution in [0.3, 0.4) is 0 Å². The highest BCUT2D eigenvalue weighted by Gasteiger charge is 2.55. The predicted octanol–water partition coefficient (Wildman–Crippen LogP) is 2.32. The van der Waals surface area contributed by atoms with Crippen molar-refractivity contribution in [1.29, 1.82) is 0 Å². The van der Waals surface area contributed by atoms with E-state index >= 15 is 0 Å². The van der Waals surface area contributed by atoms with Gasteiger partial charge in [-0.15, -0.1) is 0 Å². The van der Waals surface area contributed by atoms with E-state index in [1.54, 1.807) is 12.1 Å². The van der Waals surface area contributed by atoms with Crippen molar-refractivity contribution in [2.75, 3.05) is 9.91 Å². The first-order valence-corrected chi connectivity index (χ1v) is 7.05. The van der Waals surface area contributed by atoms with Crippen LogP contribution in [0.5, 0.6) is 0 Å². The summed E-state index contributed by atoms with van der Waals surface area (Å²) in [5.74, 6) is -1.46. The van der Waals surface area contributed by atoms with E-state index in [-0.39, 0.29) is 5.69 Å². The number of fused-ring (bicyclic) bond motifs is 1. The van der Waals surface area contributed by atoms with Gasteiger partial charge >= 0.3 is 0 Å². The molecule has 2 aliphatic heterocycles. The van der Waals surface area contributed by atoms with Crippen molar-refractivity contribution in [1.82, 2.24) is 0 Å². The number of carbonyl (C=O) groups excluding carboxylic acids is 2. The zero-order valence-electron chi connectivity index (χ0n) is 11.8. The highest BCUT2D eigenvalue weighted by Crippen LogP contribution is 2.34. The smallest absolute Gasteiger partial charge is 0.263 e. The number of amides is 2. The Kier molecular flexibility index (Phi) is 2.94. The normalized spacial score (nSPS) is 22.8. The van der Waals surface area contributed by atoms with Crippen molar-refractivity contribution in [3.63, 3.8) is 0 Å². The van der Waals surface area contributed by atoms with Crippen LogP contribution in [0.4, 0.5) is 15.8 Å². The van der Waals surface area contributed by atoms with E-state index in [2.05, 4.69) is 10.3 Å². The van der Waals surface area contributed by atoms with Crippen LogP contribution >= 0.6 is 0 Å². The molecule has 0 aliphatic carbocycles. The second-order valence-corrected chi connectivity index (χ2v) is 5.27. The molecule has 23 heavy (non-hydrogen) atoms. The van der Waals surface area contributed by atoms with Gasteiger partial charge in [-0.2, -0.15) is 5.11 Å². The average Bonchev–Trinajstić information content (AvgIpc) is 3.09. The molecule has 2 aromatic rings. The van der Waals surface area contributed by atoms with E-state index in [4.69, 9.17) is 0 Å². The Bertz CT molecular complexity index is 824. The van der Waals surface area contributed by atoms with Crippen molar-refractivity contribution in [2.45, 2.75) is 12.1 Å². The minimum absolute atomic E-state index is 0.206. The van der Waals surface area contributed by atoms with E-state index in [0.717, 1.165) is 11.0 Å². The Hall–Kier alpha value is -3.09. The molecule has 6 nitrogen and oxygen atoms in total. The van der Waals surface area contributed by atoms with Crippen LogP contribution in [0.2, 0.25) is 0 Å². The second-order valence-electron chi connectivity index (χ2n) is 5.27. The molecule has 0 bridgehead atoms. The van der Waals surface area contributed by atoms with E-state index < -0.39 is 29.7 Å². The number of anilines is 2. The van der Waals surface area contributed by atoms with Crippen LogP contribution in [0.15, 0.2) is 64.9 Å². The molecular formula is C16H11FN4O2. The summed E-state index contributed by atoms with van der Waals surface area (Å²) in [5.41, 5.74) is 0.878. The largest absolute Gasteiger partial charge is 0.271 e. The van der Waals surface area contributed by atoms with E-state index in [1.807, 2.05) is 18.2 Å². The molecule has 2 aliphatic rings. The number of para-hydroxylation sites is 1. The van der Waals surface area contributed by atoms with Crippen LogP contribution in [0.25, 0.3) is 0 Å². The maximum atomic E-state index is 13.4. The molecule has 1 fully saturated rings. The summed E-state index contributed by atoms with van der Waals surface area (Å²) >= 11 is 0. The van der Waals surface area contributed by atoms with Crippen LogP contribution in [0, 0.1) is 5.82 Å². The lowest BCUT2D eigenvalue weighted by Gasteiger charge is -2.20. The molecule has 0 aromatic heterocycles. The zero-order valence-corrected chi connectivity index (χ0v) is 11.8. The summed E-state index contributed by atoms with van der Waals surface area (Å²) in [6, 6.07) is 12.7. The number of benzene rings is 2. The van der Waals surface area contributed by atoms with Gasteiger partial charge in [0.05, 0.1) is 11.4 Å². The summed E-state index contributed by atoms with van der Waals surface area (Å²) in [4.78, 5) is 26.2. The standard InChI is InChI=1S/C16H11FN4O2/c17-10-5-4-8-12(9-10)20-15(22)13-14(16(20)23)21(19-18-13)11-6-2-1-3-7-11/h1-9,13-14H/t13-,14+/m1/s1. The summed E-state index contributed by atoms with van der Waals surface area (Å²) in [6.45, 7) is 0. The van der Waals surface area contributed by atoms with Gasteiger partial charge in [-0.25, -0.2) is 14.3 Å². The highest BCUT2D eigenvalue weighted by molar-refractivity contribution is 6.26. The molecule has 2 atom stereocenters. The van der Waals surface area contributed by atoms with E-state index in [0.29, 0.717) is 5.69 Å². The molecule has 4 rings (SSSR count). The Balaban J connectivity index is 1.72. The summed E-state index contributed by atoms with van der Waals surface area (Å²) in [6.07, 6.45) is 0. The molecule has 2 aromatic carbocycles. The van der Waals surface area contributed by atoms with Gasteiger partial charge < -0.3 is 0 Å². The Labute approximate surface area is 130 Å². The fraction of sp³-hybridized carbons (Fsp3) is 0.125. The number of halogens is 1. The highest BCUT2D eigenvalue weighted by atomic mass is 19.1. The molecule has 0 N–H and O–H groups in total. The monoisotopic (exact) mass is 310 g/mol. The van der Waals surface area contributed by atoms with Gasteiger partial charge in [0, 0.05) is 0 Å². The van der Waals surface area contributed by atoms with Crippen molar-refractivity contribution in [3.8, 4) is 0 Å². The number of hydrogen-bond acceptors (Lipinski definition) is 5. The van der Waals surface area contributed by atoms with E-state index in [1.165, 1.54) is 23.2 Å². The van der Waals surface area contributed by atoms with Gasteiger partial charge in [0.1, 0.15) is 5.82 Å². The summed E-state index contributed by atoms with van der Waals surface area (Å²) in [5, 5.41) is 9.32. The maximum Gasteiger partial charge on any atom is 0.263 e. The molecule has 1 saturated heterocycles. The fourth-order valence-electron chi connectivity index (χ4n) is 2.82. The van der Waals surface area contributed by atoms with Gasteiger partial charge in [-0.3, -0.25) is 9.59 Å². The third-order valence-electron chi connectivity index (χ3n) is 3.87. The summed E-state index contributed by atoms with van der Waals surface area (Å²) in [7, 11) is 0. The van der Waals surface area contributed by atoms with Gasteiger partial charge in [0.2, 0.25) is 0 Å². The van der Waals surface area contributed by atoms with Gasteiger partial charge in [0.15, 0.2) is 12.1 Å². The quantitative estimate of drug-likeness (QED) is 0.800. The lowest BCUT2D eigenvalue weighted by Crippen LogP contribution is -2.39. The zero-order chi connectivity index (χ0) is 16.0. The number of imide groups is 1. The van der Waals surface area contributed by atoms with Crippen molar-refractivity contribution >= 4 is 23.2 Å². The molecule has 7 heteroatoms. The van der Waals surface area contributed by atoms with Crippen LogP contribution in [-0.2, 0) is 9.59 Å². The Morgan fingerprint density at radius 1 is 0.913 bits per heavy atom. The summed E-state index contributed by atoms with van der Waals surface area (Å²) < 4.78 is 13.4. The van der Waals surface area contributed by atoms with Crippen LogP contribution in [0.1, 0.15) is 0 Å². The molecule has 0 unspecified atom stereocenters. The predicted molar refractivity (Wildman–Crippen MR) is 80.2 cm³/mol. The topological polar surface area (TPSA) is 65.3 Å². The minimum Gasteiger partial charge on any atom is -0.271 e. The first-order valence-electron chi connectivity index (χ1n) is 7.05.